The minimum Gasteiger partial charge on any atom is -0.497 e. The van der Waals surface area contributed by atoms with Gasteiger partial charge in [-0.1, -0.05) is 36.4 Å². The summed E-state index contributed by atoms with van der Waals surface area (Å²) in [6, 6.07) is 14.7. The summed E-state index contributed by atoms with van der Waals surface area (Å²) in [5, 5.41) is 24.6. The first kappa shape index (κ1) is 17.1. The molecule has 0 saturated carbocycles. The lowest BCUT2D eigenvalue weighted by Gasteiger charge is -2.08. The number of aromatic nitrogens is 2. The summed E-state index contributed by atoms with van der Waals surface area (Å²) in [6.07, 6.45) is 0.973. The normalized spacial score (nSPS) is 15.4. The Labute approximate surface area is 156 Å². The van der Waals surface area contributed by atoms with Gasteiger partial charge in [0, 0.05) is 18.2 Å². The van der Waals surface area contributed by atoms with Gasteiger partial charge >= 0.3 is 5.97 Å². The first-order valence-electron chi connectivity index (χ1n) is 8.45. The molecule has 2 N–H and O–H groups in total. The summed E-state index contributed by atoms with van der Waals surface area (Å²) in [6.45, 7) is 0. The average molecular weight is 362 g/mol. The van der Waals surface area contributed by atoms with E-state index < -0.39 is 12.1 Å². The molecule has 0 amide bonds. The van der Waals surface area contributed by atoms with Crippen molar-refractivity contribution in [2.75, 3.05) is 7.11 Å². The number of carboxylic acid groups (broad SMARTS) is 1. The van der Waals surface area contributed by atoms with E-state index in [1.54, 1.807) is 32.4 Å². The van der Waals surface area contributed by atoms with Gasteiger partial charge in [0.15, 0.2) is 5.69 Å². The molecule has 6 heteroatoms. The number of benzene rings is 2. The second-order valence-corrected chi connectivity index (χ2v) is 6.34. The molecule has 136 valence electrons. The lowest BCUT2D eigenvalue weighted by Crippen LogP contribution is -2.06. The number of aromatic carboxylic acids is 1. The van der Waals surface area contributed by atoms with E-state index in [9.17, 15) is 15.0 Å². The highest BCUT2D eigenvalue weighted by atomic mass is 16.5. The Morgan fingerprint density at radius 3 is 2.52 bits per heavy atom. The SMILES string of the molecule is COc1ccc(-c2c(C3=CC(O)c4ccccc43)nn(C)c2C(=O)O)cc1. The number of rotatable bonds is 4. The number of fused-ring (bicyclic) bond motifs is 1. The fraction of sp³-hybridized carbons (Fsp3) is 0.143. The Hall–Kier alpha value is -3.38. The second kappa shape index (κ2) is 6.41. The smallest absolute Gasteiger partial charge is 0.354 e. The fourth-order valence-electron chi connectivity index (χ4n) is 3.53. The number of aliphatic hydroxyl groups excluding tert-OH is 1. The molecule has 1 heterocycles. The zero-order valence-corrected chi connectivity index (χ0v) is 14.9. The van der Waals surface area contributed by atoms with Crippen molar-refractivity contribution >= 4 is 11.5 Å². The Kier molecular flexibility index (Phi) is 4.05. The highest BCUT2D eigenvalue weighted by Crippen LogP contribution is 2.42. The van der Waals surface area contributed by atoms with Gasteiger partial charge in [-0.3, -0.25) is 4.68 Å². The van der Waals surface area contributed by atoms with Crippen molar-refractivity contribution in [3.8, 4) is 16.9 Å². The first-order valence-corrected chi connectivity index (χ1v) is 8.45. The van der Waals surface area contributed by atoms with E-state index in [-0.39, 0.29) is 5.69 Å². The van der Waals surface area contributed by atoms with Gasteiger partial charge in [-0.25, -0.2) is 4.79 Å². The number of carboxylic acids is 1. The molecule has 4 rings (SSSR count). The van der Waals surface area contributed by atoms with Gasteiger partial charge in [0.05, 0.1) is 13.2 Å². The predicted octanol–water partition coefficient (Wildman–Crippen LogP) is 3.27. The molecular formula is C21H18N2O4. The monoisotopic (exact) mass is 362 g/mol. The molecule has 6 nitrogen and oxygen atoms in total. The Balaban J connectivity index is 1.96. The van der Waals surface area contributed by atoms with Crippen LogP contribution in [0.5, 0.6) is 5.75 Å². The van der Waals surface area contributed by atoms with Crippen LogP contribution in [0.3, 0.4) is 0 Å². The number of aliphatic hydroxyl groups is 1. The quantitative estimate of drug-likeness (QED) is 0.744. The predicted molar refractivity (Wildman–Crippen MR) is 101 cm³/mol. The van der Waals surface area contributed by atoms with E-state index in [4.69, 9.17) is 4.74 Å². The summed E-state index contributed by atoms with van der Waals surface area (Å²) < 4.78 is 6.56. The molecule has 1 atom stereocenters. The molecule has 1 aliphatic rings. The van der Waals surface area contributed by atoms with Gasteiger partial charge in [0.1, 0.15) is 11.4 Å². The van der Waals surface area contributed by atoms with Gasteiger partial charge in [-0.15, -0.1) is 0 Å². The third kappa shape index (κ3) is 2.71. The van der Waals surface area contributed by atoms with Crippen molar-refractivity contribution < 1.29 is 19.7 Å². The molecular weight excluding hydrogens is 344 g/mol. The summed E-state index contributed by atoms with van der Waals surface area (Å²) in [5.41, 5.74) is 4.23. The number of aryl methyl sites for hydroxylation is 1. The second-order valence-electron chi connectivity index (χ2n) is 6.34. The van der Waals surface area contributed by atoms with Crippen LogP contribution in [-0.4, -0.2) is 33.1 Å². The van der Waals surface area contributed by atoms with Crippen molar-refractivity contribution in [2.24, 2.45) is 7.05 Å². The van der Waals surface area contributed by atoms with Crippen LogP contribution in [0.15, 0.2) is 54.6 Å². The number of nitrogens with zero attached hydrogens (tertiary/aromatic N) is 2. The number of methoxy groups -OCH3 is 1. The first-order chi connectivity index (χ1) is 13.0. The molecule has 1 aromatic heterocycles. The molecule has 0 saturated heterocycles. The van der Waals surface area contributed by atoms with Gasteiger partial charge in [-0.2, -0.15) is 5.10 Å². The van der Waals surface area contributed by atoms with E-state index >= 15 is 0 Å². The van der Waals surface area contributed by atoms with Crippen molar-refractivity contribution in [1.82, 2.24) is 9.78 Å². The van der Waals surface area contributed by atoms with Crippen LogP contribution < -0.4 is 4.74 Å². The standard InChI is InChI=1S/C21H18N2O4/c1-23-20(21(25)26)18(12-7-9-13(27-2)10-8-12)19(22-23)16-11-17(24)15-6-4-3-5-14(15)16/h3-11,17,24H,1-2H3,(H,25,26). The van der Waals surface area contributed by atoms with E-state index in [2.05, 4.69) is 5.10 Å². The molecule has 27 heavy (non-hydrogen) atoms. The number of hydrogen-bond acceptors (Lipinski definition) is 4. The summed E-state index contributed by atoms with van der Waals surface area (Å²) in [4.78, 5) is 11.9. The van der Waals surface area contributed by atoms with Gasteiger partial charge < -0.3 is 14.9 Å². The van der Waals surface area contributed by atoms with Crippen LogP contribution in [0.1, 0.15) is 33.4 Å². The number of ether oxygens (including phenoxy) is 1. The summed E-state index contributed by atoms with van der Waals surface area (Å²) in [7, 11) is 3.19. The Morgan fingerprint density at radius 1 is 1.15 bits per heavy atom. The van der Waals surface area contributed by atoms with Crippen LogP contribution in [0, 0.1) is 0 Å². The average Bonchev–Trinajstić information content (AvgIpc) is 3.19. The van der Waals surface area contributed by atoms with E-state index in [0.717, 1.165) is 22.3 Å². The van der Waals surface area contributed by atoms with Crippen LogP contribution >= 0.6 is 0 Å². The van der Waals surface area contributed by atoms with Crippen molar-refractivity contribution in [3.05, 3.63) is 77.1 Å². The largest absolute Gasteiger partial charge is 0.497 e. The molecule has 1 unspecified atom stereocenters. The molecule has 1 aliphatic carbocycles. The maximum absolute atomic E-state index is 11.9. The van der Waals surface area contributed by atoms with Crippen molar-refractivity contribution in [3.63, 3.8) is 0 Å². The third-order valence-electron chi connectivity index (χ3n) is 4.78. The van der Waals surface area contributed by atoms with E-state index in [1.165, 1.54) is 4.68 Å². The molecule has 3 aromatic rings. The lowest BCUT2D eigenvalue weighted by atomic mass is 9.95. The van der Waals surface area contributed by atoms with Crippen LogP contribution in [-0.2, 0) is 7.05 Å². The zero-order chi connectivity index (χ0) is 19.1. The maximum atomic E-state index is 11.9. The van der Waals surface area contributed by atoms with Crippen LogP contribution in [0.4, 0.5) is 0 Å². The van der Waals surface area contributed by atoms with Gasteiger partial charge in [-0.05, 0) is 34.9 Å². The minimum atomic E-state index is -1.06. The molecule has 0 bridgehead atoms. The Bertz CT molecular complexity index is 1060. The molecule has 2 aromatic carbocycles. The minimum absolute atomic E-state index is 0.0925. The molecule has 0 spiro atoms. The maximum Gasteiger partial charge on any atom is 0.354 e. The highest BCUT2D eigenvalue weighted by Gasteiger charge is 2.30. The van der Waals surface area contributed by atoms with Gasteiger partial charge in [0.2, 0.25) is 0 Å². The van der Waals surface area contributed by atoms with E-state index in [1.807, 2.05) is 36.4 Å². The number of carbonyl (C=O) groups is 1. The van der Waals surface area contributed by atoms with Gasteiger partial charge in [0.25, 0.3) is 0 Å². The topological polar surface area (TPSA) is 84.6 Å². The highest BCUT2D eigenvalue weighted by molar-refractivity contribution is 6.00. The van der Waals surface area contributed by atoms with Crippen molar-refractivity contribution in [2.45, 2.75) is 6.10 Å². The fourth-order valence-corrected chi connectivity index (χ4v) is 3.53. The summed E-state index contributed by atoms with van der Waals surface area (Å²) in [5.74, 6) is -0.378. The zero-order valence-electron chi connectivity index (χ0n) is 14.9. The Morgan fingerprint density at radius 2 is 1.85 bits per heavy atom. The van der Waals surface area contributed by atoms with Crippen molar-refractivity contribution in [1.29, 1.82) is 0 Å². The lowest BCUT2D eigenvalue weighted by molar-refractivity contribution is 0.0686. The molecule has 0 aliphatic heterocycles. The third-order valence-corrected chi connectivity index (χ3v) is 4.78. The molecule has 0 radical (unpaired) electrons. The molecule has 0 fully saturated rings. The van der Waals surface area contributed by atoms with E-state index in [0.29, 0.717) is 17.0 Å². The summed E-state index contributed by atoms with van der Waals surface area (Å²) >= 11 is 0. The van der Waals surface area contributed by atoms with Crippen LogP contribution in [0.25, 0.3) is 16.7 Å². The van der Waals surface area contributed by atoms with Crippen LogP contribution in [0.2, 0.25) is 0 Å². The number of hydrogen-bond donors (Lipinski definition) is 2.